The van der Waals surface area contributed by atoms with Crippen LogP contribution in [0.4, 0.5) is 5.69 Å². The molecule has 1 aliphatic rings. The lowest BCUT2D eigenvalue weighted by molar-refractivity contribution is -0.385. The standard InChI is InChI=1S/C17H22ClN3O6/c1-2-20(10-17(23)24)13-8-12(9-13)19-16(22)5-6-27-15-4-3-11(18)7-14(15)21(25)26/h3-4,7,12-13H,2,5-6,8-10H2,1H3,(H,19,22)(H,23,24). The maximum Gasteiger partial charge on any atom is 0.317 e. The average molecular weight is 400 g/mol. The summed E-state index contributed by atoms with van der Waals surface area (Å²) >= 11 is 5.74. The molecule has 0 unspecified atom stereocenters. The summed E-state index contributed by atoms with van der Waals surface area (Å²) in [6.45, 7) is 2.55. The molecule has 0 saturated heterocycles. The highest BCUT2D eigenvalue weighted by atomic mass is 35.5. The molecular weight excluding hydrogens is 378 g/mol. The van der Waals surface area contributed by atoms with Gasteiger partial charge in [0, 0.05) is 23.2 Å². The fraction of sp³-hybridized carbons (Fsp3) is 0.529. The van der Waals surface area contributed by atoms with E-state index in [0.717, 1.165) is 0 Å². The number of likely N-dealkylation sites (N-methyl/N-ethyl adjacent to an activating group) is 1. The normalized spacial score (nSPS) is 18.6. The van der Waals surface area contributed by atoms with Crippen LogP contribution < -0.4 is 10.1 Å². The number of nitro groups is 1. The van der Waals surface area contributed by atoms with Crippen molar-refractivity contribution in [3.63, 3.8) is 0 Å². The second kappa shape index (κ2) is 9.52. The van der Waals surface area contributed by atoms with Crippen LogP contribution in [0.5, 0.6) is 5.75 Å². The van der Waals surface area contributed by atoms with Gasteiger partial charge in [-0.1, -0.05) is 18.5 Å². The maximum absolute atomic E-state index is 12.0. The van der Waals surface area contributed by atoms with Crippen molar-refractivity contribution in [1.29, 1.82) is 0 Å². The van der Waals surface area contributed by atoms with Gasteiger partial charge in [-0.05, 0) is 31.5 Å². The second-order valence-corrected chi connectivity index (χ2v) is 6.75. The Morgan fingerprint density at radius 2 is 2.15 bits per heavy atom. The monoisotopic (exact) mass is 399 g/mol. The van der Waals surface area contributed by atoms with Crippen LogP contribution in [-0.4, -0.2) is 58.6 Å². The average Bonchev–Trinajstić information content (AvgIpc) is 2.56. The highest BCUT2D eigenvalue weighted by Gasteiger charge is 2.34. The van der Waals surface area contributed by atoms with Gasteiger partial charge in [-0.3, -0.25) is 24.6 Å². The number of nitro benzene ring substituents is 1. The van der Waals surface area contributed by atoms with E-state index in [0.29, 0.717) is 19.4 Å². The van der Waals surface area contributed by atoms with E-state index in [2.05, 4.69) is 5.32 Å². The van der Waals surface area contributed by atoms with Crippen molar-refractivity contribution in [1.82, 2.24) is 10.2 Å². The Labute approximate surface area is 161 Å². The summed E-state index contributed by atoms with van der Waals surface area (Å²) in [5.74, 6) is -1.01. The van der Waals surface area contributed by atoms with Gasteiger partial charge in [-0.2, -0.15) is 0 Å². The molecule has 0 heterocycles. The number of carboxylic acids is 1. The molecule has 0 aliphatic heterocycles. The molecule has 1 aromatic rings. The molecule has 0 aromatic heterocycles. The van der Waals surface area contributed by atoms with Crippen LogP contribution in [0.3, 0.4) is 0 Å². The summed E-state index contributed by atoms with van der Waals surface area (Å²) in [5.41, 5.74) is -0.247. The molecule has 1 aromatic carbocycles. The first-order chi connectivity index (χ1) is 12.8. The molecule has 2 N–H and O–H groups in total. The van der Waals surface area contributed by atoms with Crippen molar-refractivity contribution in [3.8, 4) is 5.75 Å². The van der Waals surface area contributed by atoms with Crippen LogP contribution in [0.25, 0.3) is 0 Å². The number of ether oxygens (including phenoxy) is 1. The van der Waals surface area contributed by atoms with Crippen molar-refractivity contribution in [2.75, 3.05) is 19.7 Å². The number of rotatable bonds is 10. The van der Waals surface area contributed by atoms with Gasteiger partial charge in [0.25, 0.3) is 0 Å². The highest BCUT2D eigenvalue weighted by Crippen LogP contribution is 2.30. The maximum atomic E-state index is 12.0. The van der Waals surface area contributed by atoms with Crippen LogP contribution in [0, 0.1) is 10.1 Å². The van der Waals surface area contributed by atoms with Crippen molar-refractivity contribution in [2.45, 2.75) is 38.3 Å². The Balaban J connectivity index is 1.72. The van der Waals surface area contributed by atoms with Crippen molar-refractivity contribution >= 4 is 29.2 Å². The smallest absolute Gasteiger partial charge is 0.317 e. The van der Waals surface area contributed by atoms with Gasteiger partial charge in [0.05, 0.1) is 24.5 Å². The number of hydrogen-bond acceptors (Lipinski definition) is 6. The molecular formula is C17H22ClN3O6. The fourth-order valence-electron chi connectivity index (χ4n) is 2.99. The summed E-state index contributed by atoms with van der Waals surface area (Å²) in [4.78, 5) is 35.1. The molecule has 0 bridgehead atoms. The summed E-state index contributed by atoms with van der Waals surface area (Å²) in [6, 6.07) is 4.24. The molecule has 1 saturated carbocycles. The largest absolute Gasteiger partial charge is 0.486 e. The summed E-state index contributed by atoms with van der Waals surface area (Å²) < 4.78 is 5.34. The van der Waals surface area contributed by atoms with Gasteiger partial charge < -0.3 is 15.2 Å². The first-order valence-corrected chi connectivity index (χ1v) is 8.99. The quantitative estimate of drug-likeness (QED) is 0.456. The van der Waals surface area contributed by atoms with Gasteiger partial charge in [-0.15, -0.1) is 0 Å². The number of carbonyl (C=O) groups is 2. The third-order valence-corrected chi connectivity index (χ3v) is 4.68. The molecule has 10 heteroatoms. The number of carboxylic acid groups (broad SMARTS) is 1. The number of aliphatic carboxylic acids is 1. The van der Waals surface area contributed by atoms with Crippen molar-refractivity contribution in [3.05, 3.63) is 33.3 Å². The van der Waals surface area contributed by atoms with E-state index in [1.54, 1.807) is 0 Å². The second-order valence-electron chi connectivity index (χ2n) is 6.31. The Kier molecular flexibility index (Phi) is 7.37. The van der Waals surface area contributed by atoms with Crippen molar-refractivity contribution < 1.29 is 24.4 Å². The zero-order valence-corrected chi connectivity index (χ0v) is 15.6. The first kappa shape index (κ1) is 20.9. The Bertz CT molecular complexity index is 708. The van der Waals surface area contributed by atoms with Gasteiger partial charge in [-0.25, -0.2) is 0 Å². The number of nitrogens with one attached hydrogen (secondary N) is 1. The molecule has 27 heavy (non-hydrogen) atoms. The zero-order chi connectivity index (χ0) is 20.0. The third kappa shape index (κ3) is 6.07. The summed E-state index contributed by atoms with van der Waals surface area (Å²) in [7, 11) is 0. The fourth-order valence-corrected chi connectivity index (χ4v) is 3.15. The molecule has 1 amide bonds. The Morgan fingerprint density at radius 3 is 2.74 bits per heavy atom. The van der Waals surface area contributed by atoms with Crippen LogP contribution >= 0.6 is 11.6 Å². The predicted molar refractivity (Wildman–Crippen MR) is 98.1 cm³/mol. The van der Waals surface area contributed by atoms with E-state index < -0.39 is 10.9 Å². The first-order valence-electron chi connectivity index (χ1n) is 8.62. The van der Waals surface area contributed by atoms with E-state index in [-0.39, 0.29) is 54.0 Å². The van der Waals surface area contributed by atoms with Crippen LogP contribution in [0.2, 0.25) is 5.02 Å². The number of benzene rings is 1. The minimum atomic E-state index is -0.863. The SMILES string of the molecule is CCN(CC(=O)O)C1CC(NC(=O)CCOc2ccc(Cl)cc2[N+](=O)[O-])C1. The Hall–Kier alpha value is -2.39. The number of nitrogens with zero attached hydrogens (tertiary/aromatic N) is 2. The molecule has 0 atom stereocenters. The number of carbonyl (C=O) groups excluding carboxylic acids is 1. The lowest BCUT2D eigenvalue weighted by Crippen LogP contribution is -2.54. The molecule has 1 fully saturated rings. The molecule has 0 radical (unpaired) electrons. The van der Waals surface area contributed by atoms with E-state index >= 15 is 0 Å². The number of halogens is 1. The number of hydrogen-bond donors (Lipinski definition) is 2. The molecule has 9 nitrogen and oxygen atoms in total. The van der Waals surface area contributed by atoms with Gasteiger partial charge in [0.15, 0.2) is 5.75 Å². The van der Waals surface area contributed by atoms with Crippen LogP contribution in [0.15, 0.2) is 18.2 Å². The van der Waals surface area contributed by atoms with E-state index in [9.17, 15) is 19.7 Å². The molecule has 1 aliphatic carbocycles. The zero-order valence-electron chi connectivity index (χ0n) is 14.9. The third-order valence-electron chi connectivity index (χ3n) is 4.44. The van der Waals surface area contributed by atoms with Gasteiger partial charge in [0.1, 0.15) is 0 Å². The van der Waals surface area contributed by atoms with Crippen LogP contribution in [-0.2, 0) is 9.59 Å². The van der Waals surface area contributed by atoms with E-state index in [4.69, 9.17) is 21.4 Å². The summed E-state index contributed by atoms with van der Waals surface area (Å²) in [6.07, 6.45) is 1.47. The topological polar surface area (TPSA) is 122 Å². The van der Waals surface area contributed by atoms with Gasteiger partial charge >= 0.3 is 11.7 Å². The minimum Gasteiger partial charge on any atom is -0.486 e. The van der Waals surface area contributed by atoms with Gasteiger partial charge in [0.2, 0.25) is 5.91 Å². The van der Waals surface area contributed by atoms with Crippen molar-refractivity contribution in [2.24, 2.45) is 0 Å². The predicted octanol–water partition coefficient (Wildman–Crippen LogP) is 2.07. The highest BCUT2D eigenvalue weighted by molar-refractivity contribution is 6.30. The summed E-state index contributed by atoms with van der Waals surface area (Å²) in [5, 5.41) is 23.0. The minimum absolute atomic E-state index is 0.00442. The lowest BCUT2D eigenvalue weighted by atomic mass is 9.85. The van der Waals surface area contributed by atoms with E-state index in [1.807, 2.05) is 11.8 Å². The number of amides is 1. The molecule has 2 rings (SSSR count). The Morgan fingerprint density at radius 1 is 1.44 bits per heavy atom. The van der Waals surface area contributed by atoms with E-state index in [1.165, 1.54) is 18.2 Å². The van der Waals surface area contributed by atoms with Crippen LogP contribution in [0.1, 0.15) is 26.2 Å². The molecule has 0 spiro atoms. The lowest BCUT2D eigenvalue weighted by Gasteiger charge is -2.42. The molecule has 148 valence electrons.